The molecule has 0 aromatic heterocycles. The Labute approximate surface area is 234 Å². The van der Waals surface area contributed by atoms with Crippen molar-refractivity contribution in [2.75, 3.05) is 0 Å². The number of aryl methyl sites for hydroxylation is 4. The van der Waals surface area contributed by atoms with E-state index in [0.29, 0.717) is 5.92 Å². The van der Waals surface area contributed by atoms with Gasteiger partial charge in [-0.1, -0.05) is 0 Å². The molecule has 0 heterocycles. The summed E-state index contributed by atoms with van der Waals surface area (Å²) >= 11 is 2.28. The monoisotopic (exact) mass is 540 g/mol. The van der Waals surface area contributed by atoms with Gasteiger partial charge in [0.1, 0.15) is 0 Å². The van der Waals surface area contributed by atoms with Crippen LogP contribution in [0, 0.1) is 27.7 Å². The summed E-state index contributed by atoms with van der Waals surface area (Å²) in [5.41, 5.74) is 13.9. The van der Waals surface area contributed by atoms with Gasteiger partial charge in [-0.05, 0) is 0 Å². The van der Waals surface area contributed by atoms with E-state index in [-0.39, 0.29) is 43.1 Å². The molecule has 34 heavy (non-hydrogen) atoms. The summed E-state index contributed by atoms with van der Waals surface area (Å²) in [6, 6.07) is 30.0. The number of halogens is 3. The van der Waals surface area contributed by atoms with Crippen LogP contribution in [0.3, 0.4) is 0 Å². The summed E-state index contributed by atoms with van der Waals surface area (Å²) in [5, 5.41) is 0. The second kappa shape index (κ2) is 11.5. The normalized spacial score (nSPS) is 13.3. The van der Waals surface area contributed by atoms with Crippen molar-refractivity contribution < 1.29 is 57.7 Å². The van der Waals surface area contributed by atoms with E-state index in [9.17, 15) is 0 Å². The van der Waals surface area contributed by atoms with Crippen molar-refractivity contribution in [1.29, 1.82) is 0 Å². The van der Waals surface area contributed by atoms with Crippen molar-refractivity contribution in [2.24, 2.45) is 0 Å². The summed E-state index contributed by atoms with van der Waals surface area (Å²) in [4.78, 5) is 0. The molecule has 0 nitrogen and oxygen atoms in total. The van der Waals surface area contributed by atoms with Crippen molar-refractivity contribution in [3.8, 4) is 11.1 Å². The van der Waals surface area contributed by atoms with Crippen LogP contribution < -0.4 is 41.1 Å². The van der Waals surface area contributed by atoms with Gasteiger partial charge in [-0.2, -0.15) is 0 Å². The van der Waals surface area contributed by atoms with Crippen LogP contribution in [-0.4, -0.2) is 0 Å². The Morgan fingerprint density at radius 3 is 1.59 bits per heavy atom. The molecule has 1 unspecified atom stereocenters. The quantitative estimate of drug-likeness (QED) is 0.265. The van der Waals surface area contributed by atoms with E-state index in [1.54, 1.807) is 0 Å². The van der Waals surface area contributed by atoms with E-state index in [2.05, 4.69) is 127 Å². The maximum absolute atomic E-state index is 2.40. The Balaban J connectivity index is 0.00000136. The summed E-state index contributed by atoms with van der Waals surface area (Å²) in [5.74, 6) is 0.593. The predicted octanol–water partition coefficient (Wildman–Crippen LogP) is -1.95. The molecule has 4 aromatic carbocycles. The van der Waals surface area contributed by atoms with Gasteiger partial charge in [-0.3, -0.25) is 0 Å². The van der Waals surface area contributed by atoms with Crippen molar-refractivity contribution in [3.05, 3.63) is 123 Å². The molecule has 4 heteroatoms. The molecule has 0 N–H and O–H groups in total. The first-order chi connectivity index (χ1) is 14.9. The maximum Gasteiger partial charge on any atom is -1.00 e. The van der Waals surface area contributed by atoms with Gasteiger partial charge in [-0.15, -0.1) is 0 Å². The first-order valence-corrected chi connectivity index (χ1v) is 11.8. The summed E-state index contributed by atoms with van der Waals surface area (Å²) in [6.07, 6.45) is 0. The summed E-state index contributed by atoms with van der Waals surface area (Å²) in [7, 11) is 0. The van der Waals surface area contributed by atoms with Crippen LogP contribution in [0.2, 0.25) is 0 Å². The van der Waals surface area contributed by atoms with Gasteiger partial charge in [0.25, 0.3) is 0 Å². The molecule has 1 atom stereocenters. The van der Waals surface area contributed by atoms with Gasteiger partial charge in [0.05, 0.1) is 0 Å². The number of hydrogen-bond donors (Lipinski definition) is 0. The Kier molecular flexibility index (Phi) is 9.68. The molecule has 1 aliphatic carbocycles. The minimum absolute atomic E-state index is 0. The number of rotatable bonds is 3. The molecule has 1 aliphatic rings. The SMILES string of the molecule is Cc1cc(C)cc(C(c2cc(C)cc(C)c2)C2c3ccccc3-c3ccc[c]([Ti+3])c32)c1.[Cl-].[Cl-].[Cl-]. The Morgan fingerprint density at radius 2 is 1.06 bits per heavy atom. The van der Waals surface area contributed by atoms with Gasteiger partial charge in [0.2, 0.25) is 0 Å². The second-order valence-corrected chi connectivity index (χ2v) is 9.99. The molecule has 5 rings (SSSR count). The minimum atomic E-state index is 0. The molecule has 0 radical (unpaired) electrons. The van der Waals surface area contributed by atoms with Gasteiger partial charge in [-0.25, -0.2) is 0 Å². The van der Waals surface area contributed by atoms with Gasteiger partial charge in [0, 0.05) is 0 Å². The predicted molar refractivity (Wildman–Crippen MR) is 127 cm³/mol. The standard InChI is InChI=1S/C30H27.3ClH.Ti/c1-19-13-20(2)16-23(15-19)29(24-17-21(3)14-22(4)18-24)30-27-11-7-5-9-25(27)26-10-6-8-12-28(26)30;;;;/h5-11,13-18,29-30H,1-4H3;3*1H;/q;;;;+3/p-3. The topological polar surface area (TPSA) is 0 Å². The number of fused-ring (bicyclic) bond motifs is 3. The molecule has 0 spiro atoms. The smallest absolute Gasteiger partial charge is 1.00 e. The fourth-order valence-electron chi connectivity index (χ4n) is 5.61. The minimum Gasteiger partial charge on any atom is -1.00 e. The summed E-state index contributed by atoms with van der Waals surface area (Å²) in [6.45, 7) is 8.88. The fourth-order valence-corrected chi connectivity index (χ4v) is 6.21. The maximum atomic E-state index is 2.40. The van der Waals surface area contributed by atoms with Gasteiger partial charge >= 0.3 is 198 Å². The van der Waals surface area contributed by atoms with E-state index < -0.39 is 0 Å². The van der Waals surface area contributed by atoms with Crippen LogP contribution in [0.5, 0.6) is 0 Å². The zero-order valence-corrected chi connectivity index (χ0v) is 23.6. The fraction of sp³-hybridized carbons (Fsp3) is 0.200. The average molecular weight is 542 g/mol. The largest absolute Gasteiger partial charge is 1.00 e. The molecule has 172 valence electrons. The zero-order valence-electron chi connectivity index (χ0n) is 19.8. The van der Waals surface area contributed by atoms with Crippen LogP contribution in [0.25, 0.3) is 11.1 Å². The average Bonchev–Trinajstić information content (AvgIpc) is 3.03. The molecule has 0 saturated carbocycles. The first-order valence-electron chi connectivity index (χ1n) is 11.0. The zero-order chi connectivity index (χ0) is 21.7. The Hall–Kier alpha value is -1.54. The van der Waals surface area contributed by atoms with E-state index >= 15 is 0 Å². The van der Waals surface area contributed by atoms with Crippen LogP contribution in [0.4, 0.5) is 0 Å². The molecule has 0 aliphatic heterocycles. The third-order valence-corrected chi connectivity index (χ3v) is 7.22. The Morgan fingerprint density at radius 1 is 0.588 bits per heavy atom. The third kappa shape index (κ3) is 5.18. The van der Waals surface area contributed by atoms with E-state index in [1.807, 2.05) is 0 Å². The van der Waals surface area contributed by atoms with Gasteiger partial charge in [0.15, 0.2) is 0 Å². The van der Waals surface area contributed by atoms with Crippen LogP contribution >= 0.6 is 0 Å². The molecule has 0 amide bonds. The molecule has 4 aromatic rings. The van der Waals surface area contributed by atoms with Crippen LogP contribution in [0.15, 0.2) is 78.9 Å². The molecule has 0 bridgehead atoms. The number of hydrogen-bond acceptors (Lipinski definition) is 0. The molecular formula is C30H27Cl3Ti. The van der Waals surface area contributed by atoms with E-state index in [0.717, 1.165) is 0 Å². The van der Waals surface area contributed by atoms with Crippen molar-refractivity contribution in [1.82, 2.24) is 0 Å². The third-order valence-electron chi connectivity index (χ3n) is 6.54. The molecular weight excluding hydrogens is 515 g/mol. The molecule has 0 fully saturated rings. The number of benzene rings is 4. The van der Waals surface area contributed by atoms with Crippen molar-refractivity contribution in [3.63, 3.8) is 0 Å². The van der Waals surface area contributed by atoms with E-state index in [1.165, 1.54) is 59.5 Å². The van der Waals surface area contributed by atoms with E-state index in [4.69, 9.17) is 0 Å². The Bertz CT molecular complexity index is 1220. The van der Waals surface area contributed by atoms with Crippen LogP contribution in [0.1, 0.15) is 56.3 Å². The second-order valence-electron chi connectivity index (χ2n) is 9.15. The molecule has 0 saturated heterocycles. The first kappa shape index (κ1) is 28.7. The van der Waals surface area contributed by atoms with Gasteiger partial charge < -0.3 is 37.2 Å². The van der Waals surface area contributed by atoms with Crippen molar-refractivity contribution in [2.45, 2.75) is 39.5 Å². The van der Waals surface area contributed by atoms with Crippen molar-refractivity contribution >= 4 is 3.87 Å². The summed E-state index contributed by atoms with van der Waals surface area (Å²) < 4.78 is 1.39. The van der Waals surface area contributed by atoms with Crippen LogP contribution in [-0.2, 0) is 20.4 Å².